The molecule has 1 amide bonds. The lowest BCUT2D eigenvalue weighted by atomic mass is 10.3. The maximum Gasteiger partial charge on any atom is 0.275 e. The molecule has 5 rings (SSSR count). The number of aromatic nitrogens is 4. The van der Waals surface area contributed by atoms with Gasteiger partial charge in [-0.1, -0.05) is 12.1 Å². The third-order valence-corrected chi connectivity index (χ3v) is 6.11. The standard InChI is InChI=1S/C21H21N7OS/c1-26-8-10-27(11-9-26)18-13-15(22-14-23-18)21(29)25-20-19(16-5-4-12-30-16)24-17-6-2-3-7-28(17)20/h2-7,12-14H,8-11H2,1H3,(H,25,29). The number of pyridine rings is 1. The molecule has 8 nitrogen and oxygen atoms in total. The Labute approximate surface area is 177 Å². The van der Waals surface area contributed by atoms with Crippen molar-refractivity contribution in [2.45, 2.75) is 0 Å². The van der Waals surface area contributed by atoms with E-state index in [9.17, 15) is 4.79 Å². The van der Waals surface area contributed by atoms with Crippen molar-refractivity contribution in [3.63, 3.8) is 0 Å². The molecule has 0 aliphatic carbocycles. The largest absolute Gasteiger partial charge is 0.354 e. The molecule has 4 aromatic rings. The molecule has 0 spiro atoms. The number of thiophene rings is 1. The first kappa shape index (κ1) is 18.7. The van der Waals surface area contributed by atoms with Crippen LogP contribution in [0.15, 0.2) is 54.3 Å². The van der Waals surface area contributed by atoms with Crippen LogP contribution in [-0.4, -0.2) is 63.4 Å². The number of anilines is 2. The van der Waals surface area contributed by atoms with Crippen LogP contribution in [0.4, 0.5) is 11.6 Å². The highest BCUT2D eigenvalue weighted by molar-refractivity contribution is 7.13. The average molecular weight is 420 g/mol. The molecule has 0 bridgehead atoms. The first-order chi connectivity index (χ1) is 14.7. The van der Waals surface area contributed by atoms with Crippen molar-refractivity contribution < 1.29 is 4.79 Å². The van der Waals surface area contributed by atoms with E-state index in [-0.39, 0.29) is 5.91 Å². The monoisotopic (exact) mass is 419 g/mol. The molecule has 0 atom stereocenters. The predicted octanol–water partition coefficient (Wildman–Crippen LogP) is 2.86. The van der Waals surface area contributed by atoms with Gasteiger partial charge in [0.05, 0.1) is 4.88 Å². The van der Waals surface area contributed by atoms with Gasteiger partial charge >= 0.3 is 0 Å². The molecule has 4 aromatic heterocycles. The maximum atomic E-state index is 13.1. The third kappa shape index (κ3) is 3.53. The smallest absolute Gasteiger partial charge is 0.275 e. The van der Waals surface area contributed by atoms with E-state index in [0.717, 1.165) is 48.2 Å². The van der Waals surface area contributed by atoms with Gasteiger partial charge in [0.2, 0.25) is 0 Å². The lowest BCUT2D eigenvalue weighted by molar-refractivity contribution is 0.102. The second-order valence-electron chi connectivity index (χ2n) is 7.22. The van der Waals surface area contributed by atoms with Gasteiger partial charge in [-0.25, -0.2) is 15.0 Å². The number of likely N-dealkylation sites (N-methyl/N-ethyl adjacent to an activating group) is 1. The molecule has 1 N–H and O–H groups in total. The minimum atomic E-state index is -0.281. The van der Waals surface area contributed by atoms with Crippen molar-refractivity contribution >= 4 is 34.5 Å². The zero-order valence-electron chi connectivity index (χ0n) is 16.5. The molecule has 152 valence electrons. The van der Waals surface area contributed by atoms with E-state index in [1.165, 1.54) is 6.33 Å². The van der Waals surface area contributed by atoms with Gasteiger partial charge in [-0.05, 0) is 30.6 Å². The van der Waals surface area contributed by atoms with Crippen LogP contribution in [0.5, 0.6) is 0 Å². The fraction of sp³-hybridized carbons (Fsp3) is 0.238. The Morgan fingerprint density at radius 2 is 1.97 bits per heavy atom. The second-order valence-corrected chi connectivity index (χ2v) is 8.17. The Hall–Kier alpha value is -3.30. The van der Waals surface area contributed by atoms with Gasteiger partial charge in [-0.3, -0.25) is 9.20 Å². The lowest BCUT2D eigenvalue weighted by Gasteiger charge is -2.33. The normalized spacial score (nSPS) is 14.9. The van der Waals surface area contributed by atoms with E-state index in [0.29, 0.717) is 11.5 Å². The van der Waals surface area contributed by atoms with E-state index in [2.05, 4.69) is 32.1 Å². The van der Waals surface area contributed by atoms with Crippen molar-refractivity contribution in [2.75, 3.05) is 43.4 Å². The molecule has 1 fully saturated rings. The van der Waals surface area contributed by atoms with E-state index in [1.807, 2.05) is 46.3 Å². The van der Waals surface area contributed by atoms with Gasteiger partial charge in [0, 0.05) is 38.4 Å². The number of rotatable bonds is 4. The summed E-state index contributed by atoms with van der Waals surface area (Å²) in [6.45, 7) is 3.70. The molecule has 1 saturated heterocycles. The zero-order valence-corrected chi connectivity index (χ0v) is 17.3. The summed E-state index contributed by atoms with van der Waals surface area (Å²) < 4.78 is 1.88. The quantitative estimate of drug-likeness (QED) is 0.548. The van der Waals surface area contributed by atoms with Crippen LogP contribution in [0.2, 0.25) is 0 Å². The number of fused-ring (bicyclic) bond motifs is 1. The molecule has 30 heavy (non-hydrogen) atoms. The number of hydrogen-bond acceptors (Lipinski definition) is 7. The number of imidazole rings is 1. The summed E-state index contributed by atoms with van der Waals surface area (Å²) in [4.78, 5) is 31.9. The van der Waals surface area contributed by atoms with Crippen molar-refractivity contribution in [2.24, 2.45) is 0 Å². The molecular formula is C21H21N7OS. The van der Waals surface area contributed by atoms with Gasteiger partial charge in [-0.15, -0.1) is 11.3 Å². The molecular weight excluding hydrogens is 398 g/mol. The van der Waals surface area contributed by atoms with Crippen LogP contribution in [0, 0.1) is 0 Å². The molecule has 0 unspecified atom stereocenters. The summed E-state index contributed by atoms with van der Waals surface area (Å²) in [5, 5.41) is 5.02. The summed E-state index contributed by atoms with van der Waals surface area (Å²) >= 11 is 1.59. The zero-order chi connectivity index (χ0) is 20.5. The van der Waals surface area contributed by atoms with Gasteiger partial charge in [-0.2, -0.15) is 0 Å². The molecule has 0 radical (unpaired) electrons. The van der Waals surface area contributed by atoms with Crippen molar-refractivity contribution in [3.05, 3.63) is 60.0 Å². The Bertz CT molecular complexity index is 1180. The van der Waals surface area contributed by atoms with Crippen LogP contribution < -0.4 is 10.2 Å². The number of nitrogens with one attached hydrogen (secondary N) is 1. The molecule has 0 aromatic carbocycles. The summed E-state index contributed by atoms with van der Waals surface area (Å²) in [6.07, 6.45) is 3.35. The van der Waals surface area contributed by atoms with Crippen LogP contribution in [0.3, 0.4) is 0 Å². The van der Waals surface area contributed by atoms with Gasteiger partial charge < -0.3 is 15.1 Å². The molecule has 1 aliphatic rings. The fourth-order valence-electron chi connectivity index (χ4n) is 3.55. The summed E-state index contributed by atoms with van der Waals surface area (Å²) in [5.74, 6) is 1.13. The van der Waals surface area contributed by atoms with E-state index in [1.54, 1.807) is 17.4 Å². The van der Waals surface area contributed by atoms with Crippen molar-refractivity contribution in [3.8, 4) is 10.6 Å². The van der Waals surface area contributed by atoms with Crippen LogP contribution in [-0.2, 0) is 0 Å². The Kier molecular flexibility index (Phi) is 4.89. The van der Waals surface area contributed by atoms with E-state index < -0.39 is 0 Å². The van der Waals surface area contributed by atoms with E-state index >= 15 is 0 Å². The maximum absolute atomic E-state index is 13.1. The van der Waals surface area contributed by atoms with Crippen LogP contribution in [0.25, 0.3) is 16.2 Å². The molecule has 9 heteroatoms. The molecule has 0 saturated carbocycles. The summed E-state index contributed by atoms with van der Waals surface area (Å²) in [6, 6.07) is 11.5. The van der Waals surface area contributed by atoms with Gasteiger partial charge in [0.25, 0.3) is 5.91 Å². The third-order valence-electron chi connectivity index (χ3n) is 5.23. The minimum Gasteiger partial charge on any atom is -0.354 e. The number of nitrogens with zero attached hydrogens (tertiary/aromatic N) is 6. The first-order valence-electron chi connectivity index (χ1n) is 9.77. The van der Waals surface area contributed by atoms with Crippen LogP contribution in [0.1, 0.15) is 10.5 Å². The number of piperazine rings is 1. The number of hydrogen-bond donors (Lipinski definition) is 1. The molecule has 5 heterocycles. The number of amides is 1. The first-order valence-corrected chi connectivity index (χ1v) is 10.6. The lowest BCUT2D eigenvalue weighted by Crippen LogP contribution is -2.44. The van der Waals surface area contributed by atoms with E-state index in [4.69, 9.17) is 4.98 Å². The predicted molar refractivity (Wildman–Crippen MR) is 118 cm³/mol. The van der Waals surface area contributed by atoms with Gasteiger partial charge in [0.1, 0.15) is 35.0 Å². The topological polar surface area (TPSA) is 78.7 Å². The summed E-state index contributed by atoms with van der Waals surface area (Å²) in [5.41, 5.74) is 1.86. The highest BCUT2D eigenvalue weighted by Gasteiger charge is 2.20. The number of carbonyl (C=O) groups excluding carboxylic acids is 1. The SMILES string of the molecule is CN1CCN(c2cc(C(=O)Nc3c(-c4cccs4)nc4ccccn34)ncn2)CC1. The Morgan fingerprint density at radius 3 is 2.77 bits per heavy atom. The highest BCUT2D eigenvalue weighted by Crippen LogP contribution is 2.32. The summed E-state index contributed by atoms with van der Waals surface area (Å²) in [7, 11) is 2.11. The molecule has 1 aliphatic heterocycles. The van der Waals surface area contributed by atoms with Crippen molar-refractivity contribution in [1.29, 1.82) is 0 Å². The second kappa shape index (κ2) is 7.85. The minimum absolute atomic E-state index is 0.281. The Balaban J connectivity index is 1.46. The highest BCUT2D eigenvalue weighted by atomic mass is 32.1. The number of carbonyl (C=O) groups is 1. The average Bonchev–Trinajstić information content (AvgIpc) is 3.43. The van der Waals surface area contributed by atoms with Gasteiger partial charge in [0.15, 0.2) is 0 Å². The van der Waals surface area contributed by atoms with Crippen LogP contribution >= 0.6 is 11.3 Å². The van der Waals surface area contributed by atoms with Crippen molar-refractivity contribution in [1.82, 2.24) is 24.3 Å². The fourth-order valence-corrected chi connectivity index (χ4v) is 4.27. The Morgan fingerprint density at radius 1 is 1.10 bits per heavy atom.